The Kier molecular flexibility index (Phi) is 4.18. The first-order chi connectivity index (χ1) is 9.19. The summed E-state index contributed by atoms with van der Waals surface area (Å²) < 4.78 is 4.67. The van der Waals surface area contributed by atoms with Crippen LogP contribution in [-0.4, -0.2) is 13.1 Å². The van der Waals surface area contributed by atoms with Crippen molar-refractivity contribution in [2.24, 2.45) is 0 Å². The molecule has 0 saturated carbocycles. The molecule has 0 saturated heterocycles. The Morgan fingerprint density at radius 3 is 2.37 bits per heavy atom. The summed E-state index contributed by atoms with van der Waals surface area (Å²) in [5.41, 5.74) is 9.52. The molecule has 0 aliphatic rings. The number of hydrogen-bond donors (Lipinski definition) is 1. The van der Waals surface area contributed by atoms with E-state index in [1.54, 1.807) is 12.1 Å². The number of nitrogens with two attached hydrogens (primary N) is 1. The number of rotatable bonds is 4. The SMILES string of the molecule is COC(=O)c1ccc(CCc2cccc(N)c2)cc1. The van der Waals surface area contributed by atoms with Crippen LogP contribution in [0, 0.1) is 0 Å². The number of hydrogen-bond acceptors (Lipinski definition) is 3. The van der Waals surface area contributed by atoms with E-state index in [1.165, 1.54) is 18.2 Å². The fraction of sp³-hybridized carbons (Fsp3) is 0.188. The van der Waals surface area contributed by atoms with Gasteiger partial charge in [-0.1, -0.05) is 24.3 Å². The normalized spacial score (nSPS) is 10.2. The molecule has 3 nitrogen and oxygen atoms in total. The fourth-order valence-corrected chi connectivity index (χ4v) is 1.96. The highest BCUT2D eigenvalue weighted by Gasteiger charge is 2.04. The van der Waals surface area contributed by atoms with Crippen LogP contribution < -0.4 is 5.73 Å². The number of esters is 1. The Bertz CT molecular complexity index is 561. The lowest BCUT2D eigenvalue weighted by atomic mass is 10.0. The molecule has 19 heavy (non-hydrogen) atoms. The van der Waals surface area contributed by atoms with E-state index in [0.29, 0.717) is 5.56 Å². The molecule has 2 N–H and O–H groups in total. The van der Waals surface area contributed by atoms with Crippen molar-refractivity contribution in [1.82, 2.24) is 0 Å². The molecule has 98 valence electrons. The van der Waals surface area contributed by atoms with Gasteiger partial charge >= 0.3 is 5.97 Å². The standard InChI is InChI=1S/C16H17NO2/c1-19-16(18)14-9-7-12(8-10-14)5-6-13-3-2-4-15(17)11-13/h2-4,7-11H,5-6,17H2,1H3. The summed E-state index contributed by atoms with van der Waals surface area (Å²) in [6.45, 7) is 0. The zero-order valence-electron chi connectivity index (χ0n) is 10.9. The first-order valence-corrected chi connectivity index (χ1v) is 6.21. The Morgan fingerprint density at radius 1 is 1.05 bits per heavy atom. The molecule has 0 aromatic heterocycles. The maximum absolute atomic E-state index is 11.3. The van der Waals surface area contributed by atoms with Gasteiger partial charge in [-0.05, 0) is 48.2 Å². The van der Waals surface area contributed by atoms with E-state index in [0.717, 1.165) is 18.5 Å². The highest BCUT2D eigenvalue weighted by Crippen LogP contribution is 2.12. The van der Waals surface area contributed by atoms with Crippen molar-refractivity contribution in [1.29, 1.82) is 0 Å². The van der Waals surface area contributed by atoms with Crippen LogP contribution in [0.5, 0.6) is 0 Å². The van der Waals surface area contributed by atoms with E-state index in [9.17, 15) is 4.79 Å². The Hall–Kier alpha value is -2.29. The van der Waals surface area contributed by atoms with E-state index in [2.05, 4.69) is 10.8 Å². The van der Waals surface area contributed by atoms with Crippen molar-refractivity contribution < 1.29 is 9.53 Å². The van der Waals surface area contributed by atoms with Crippen molar-refractivity contribution in [3.63, 3.8) is 0 Å². The summed E-state index contributed by atoms with van der Waals surface area (Å²) in [5.74, 6) is -0.303. The molecule has 0 heterocycles. The topological polar surface area (TPSA) is 52.3 Å². The molecule has 0 aliphatic carbocycles. The van der Waals surface area contributed by atoms with Gasteiger partial charge < -0.3 is 10.5 Å². The largest absolute Gasteiger partial charge is 0.465 e. The number of methoxy groups -OCH3 is 1. The van der Waals surface area contributed by atoms with E-state index in [-0.39, 0.29) is 5.97 Å². The number of aryl methyl sites for hydroxylation is 2. The summed E-state index contributed by atoms with van der Waals surface area (Å²) in [6.07, 6.45) is 1.85. The second-order valence-electron chi connectivity index (χ2n) is 4.43. The molecule has 0 unspecified atom stereocenters. The van der Waals surface area contributed by atoms with Crippen LogP contribution in [0.25, 0.3) is 0 Å². The smallest absolute Gasteiger partial charge is 0.337 e. The molecule has 2 rings (SSSR count). The summed E-state index contributed by atoms with van der Waals surface area (Å²) in [7, 11) is 1.38. The molecule has 2 aromatic carbocycles. The first-order valence-electron chi connectivity index (χ1n) is 6.21. The van der Waals surface area contributed by atoms with Gasteiger partial charge in [-0.15, -0.1) is 0 Å². The molecule has 0 fully saturated rings. The predicted octanol–water partition coefficient (Wildman–Crippen LogP) is 2.84. The maximum Gasteiger partial charge on any atom is 0.337 e. The Balaban J connectivity index is 1.98. The monoisotopic (exact) mass is 255 g/mol. The van der Waals surface area contributed by atoms with E-state index in [1.807, 2.05) is 30.3 Å². The molecule has 0 bridgehead atoms. The van der Waals surface area contributed by atoms with Crippen LogP contribution in [0.3, 0.4) is 0 Å². The lowest BCUT2D eigenvalue weighted by Gasteiger charge is -2.04. The van der Waals surface area contributed by atoms with Crippen LogP contribution in [0.2, 0.25) is 0 Å². The molecule has 2 aromatic rings. The van der Waals surface area contributed by atoms with Crippen LogP contribution in [0.15, 0.2) is 48.5 Å². The molecule has 0 spiro atoms. The van der Waals surface area contributed by atoms with E-state index >= 15 is 0 Å². The van der Waals surface area contributed by atoms with Crippen molar-refractivity contribution in [3.8, 4) is 0 Å². The predicted molar refractivity (Wildman–Crippen MR) is 76.0 cm³/mol. The van der Waals surface area contributed by atoms with Gasteiger partial charge in [0, 0.05) is 5.69 Å². The van der Waals surface area contributed by atoms with Crippen molar-refractivity contribution in [3.05, 3.63) is 65.2 Å². The fourth-order valence-electron chi connectivity index (χ4n) is 1.96. The number of nitrogen functional groups attached to an aromatic ring is 1. The highest BCUT2D eigenvalue weighted by molar-refractivity contribution is 5.89. The summed E-state index contributed by atoms with van der Waals surface area (Å²) >= 11 is 0. The summed E-state index contributed by atoms with van der Waals surface area (Å²) in [6, 6.07) is 15.4. The van der Waals surface area contributed by atoms with E-state index in [4.69, 9.17) is 5.73 Å². The minimum absolute atomic E-state index is 0.303. The van der Waals surface area contributed by atoms with Crippen LogP contribution in [0.4, 0.5) is 5.69 Å². The van der Waals surface area contributed by atoms with Crippen LogP contribution in [-0.2, 0) is 17.6 Å². The van der Waals surface area contributed by atoms with E-state index < -0.39 is 0 Å². The number of ether oxygens (including phenoxy) is 1. The molecule has 0 aliphatic heterocycles. The Labute approximate surface area is 113 Å². The van der Waals surface area contributed by atoms with Gasteiger partial charge in [-0.3, -0.25) is 0 Å². The average Bonchev–Trinajstić information content (AvgIpc) is 2.45. The summed E-state index contributed by atoms with van der Waals surface area (Å²) in [5, 5.41) is 0. The zero-order valence-corrected chi connectivity index (χ0v) is 10.9. The first kappa shape index (κ1) is 13.1. The molecule has 0 radical (unpaired) electrons. The van der Waals surface area contributed by atoms with Gasteiger partial charge in [0.05, 0.1) is 12.7 Å². The van der Waals surface area contributed by atoms with Gasteiger partial charge in [0.15, 0.2) is 0 Å². The minimum atomic E-state index is -0.303. The zero-order chi connectivity index (χ0) is 13.7. The van der Waals surface area contributed by atoms with Gasteiger partial charge in [0.1, 0.15) is 0 Å². The van der Waals surface area contributed by atoms with Crippen molar-refractivity contribution >= 4 is 11.7 Å². The lowest BCUT2D eigenvalue weighted by molar-refractivity contribution is 0.0600. The van der Waals surface area contributed by atoms with Gasteiger partial charge in [-0.2, -0.15) is 0 Å². The van der Waals surface area contributed by atoms with Crippen LogP contribution in [0.1, 0.15) is 21.5 Å². The van der Waals surface area contributed by atoms with Crippen LogP contribution >= 0.6 is 0 Å². The molecule has 0 amide bonds. The minimum Gasteiger partial charge on any atom is -0.465 e. The summed E-state index contributed by atoms with van der Waals surface area (Å²) in [4.78, 5) is 11.3. The van der Waals surface area contributed by atoms with Crippen molar-refractivity contribution in [2.75, 3.05) is 12.8 Å². The lowest BCUT2D eigenvalue weighted by Crippen LogP contribution is -2.01. The number of carbonyl (C=O) groups excluding carboxylic acids is 1. The van der Waals surface area contributed by atoms with Gasteiger partial charge in [-0.25, -0.2) is 4.79 Å². The molecule has 3 heteroatoms. The third-order valence-electron chi connectivity index (χ3n) is 3.03. The third kappa shape index (κ3) is 3.58. The molecular formula is C16H17NO2. The number of anilines is 1. The number of carbonyl (C=O) groups is 1. The Morgan fingerprint density at radius 2 is 1.74 bits per heavy atom. The second kappa shape index (κ2) is 6.05. The van der Waals surface area contributed by atoms with Gasteiger partial charge in [0.25, 0.3) is 0 Å². The quantitative estimate of drug-likeness (QED) is 0.675. The third-order valence-corrected chi connectivity index (χ3v) is 3.03. The molecular weight excluding hydrogens is 238 g/mol. The van der Waals surface area contributed by atoms with Gasteiger partial charge in [0.2, 0.25) is 0 Å². The maximum atomic E-state index is 11.3. The number of benzene rings is 2. The second-order valence-corrected chi connectivity index (χ2v) is 4.43. The molecule has 0 atom stereocenters. The highest BCUT2D eigenvalue weighted by atomic mass is 16.5. The average molecular weight is 255 g/mol. The van der Waals surface area contributed by atoms with Crippen molar-refractivity contribution in [2.45, 2.75) is 12.8 Å².